The number of benzene rings is 2. The van der Waals surface area contributed by atoms with Crippen molar-refractivity contribution in [1.29, 1.82) is 0 Å². The molecule has 0 saturated carbocycles. The van der Waals surface area contributed by atoms with Gasteiger partial charge in [0.05, 0.1) is 32.0 Å². The Morgan fingerprint density at radius 2 is 1.76 bits per heavy atom. The summed E-state index contributed by atoms with van der Waals surface area (Å²) in [6.07, 6.45) is 1.13. The molecule has 0 saturated heterocycles. The lowest BCUT2D eigenvalue weighted by molar-refractivity contribution is -0.858. The Morgan fingerprint density at radius 1 is 1.04 bits per heavy atom. The minimum absolute atomic E-state index is 0.978. The third-order valence-electron chi connectivity index (χ3n) is 3.98. The Kier molecular flexibility index (Phi) is 6.24. The van der Waals surface area contributed by atoms with E-state index < -0.39 is 0 Å². The summed E-state index contributed by atoms with van der Waals surface area (Å²) < 4.78 is 3.45. The lowest BCUT2D eigenvalue weighted by Crippen LogP contribution is -3.05. The van der Waals surface area contributed by atoms with E-state index in [1.165, 1.54) is 16.2 Å². The van der Waals surface area contributed by atoms with Crippen molar-refractivity contribution in [3.05, 3.63) is 69.3 Å². The summed E-state index contributed by atoms with van der Waals surface area (Å²) in [7, 11) is 4.40. The standard InChI is InChI=1S/C20H22BrN3S/c1-23(2)13-6-14-24-19(16-9-11-17(21)12-10-16)15-25-20(24)22-18-7-4-3-5-8-18/h3-5,7-12,15H,6,13-14H2,1-2H3/p+1. The lowest BCUT2D eigenvalue weighted by Gasteiger charge is -2.11. The van der Waals surface area contributed by atoms with Crippen molar-refractivity contribution in [1.82, 2.24) is 4.57 Å². The highest BCUT2D eigenvalue weighted by atomic mass is 79.9. The second-order valence-electron chi connectivity index (χ2n) is 6.32. The first-order valence-corrected chi connectivity index (χ1v) is 10.1. The molecule has 0 radical (unpaired) electrons. The van der Waals surface area contributed by atoms with E-state index in [-0.39, 0.29) is 0 Å². The zero-order valence-electron chi connectivity index (χ0n) is 14.6. The Balaban J connectivity index is 2.00. The van der Waals surface area contributed by atoms with Crippen molar-refractivity contribution in [3.63, 3.8) is 0 Å². The van der Waals surface area contributed by atoms with Gasteiger partial charge in [-0.1, -0.05) is 46.3 Å². The minimum atomic E-state index is 0.978. The maximum Gasteiger partial charge on any atom is 0.190 e. The van der Waals surface area contributed by atoms with Crippen LogP contribution in [-0.2, 0) is 6.54 Å². The van der Waals surface area contributed by atoms with Crippen LogP contribution in [0.15, 0.2) is 69.4 Å². The van der Waals surface area contributed by atoms with E-state index in [9.17, 15) is 0 Å². The molecule has 0 bridgehead atoms. The Labute approximate surface area is 161 Å². The van der Waals surface area contributed by atoms with Gasteiger partial charge in [-0.25, -0.2) is 4.99 Å². The minimum Gasteiger partial charge on any atom is -0.340 e. The number of aromatic nitrogens is 1. The van der Waals surface area contributed by atoms with Crippen molar-refractivity contribution in [2.45, 2.75) is 13.0 Å². The Morgan fingerprint density at radius 3 is 2.44 bits per heavy atom. The van der Waals surface area contributed by atoms with Crippen LogP contribution in [-0.4, -0.2) is 25.2 Å². The van der Waals surface area contributed by atoms with Crippen molar-refractivity contribution >= 4 is 33.0 Å². The first-order chi connectivity index (χ1) is 12.1. The molecule has 3 nitrogen and oxygen atoms in total. The molecule has 0 aliphatic rings. The number of hydrogen-bond acceptors (Lipinski definition) is 2. The summed E-state index contributed by atoms with van der Waals surface area (Å²) in [5, 5.41) is 2.22. The van der Waals surface area contributed by atoms with Crippen molar-refractivity contribution in [2.75, 3.05) is 20.6 Å². The van der Waals surface area contributed by atoms with Crippen LogP contribution in [0.4, 0.5) is 5.69 Å². The quantitative estimate of drug-likeness (QED) is 0.631. The molecular weight excluding hydrogens is 394 g/mol. The van der Waals surface area contributed by atoms with Gasteiger partial charge in [0.1, 0.15) is 0 Å². The number of nitrogens with one attached hydrogen (secondary N) is 1. The molecule has 0 aliphatic carbocycles. The number of para-hydroxylation sites is 1. The van der Waals surface area contributed by atoms with Gasteiger partial charge >= 0.3 is 0 Å². The third kappa shape index (κ3) is 4.91. The van der Waals surface area contributed by atoms with E-state index in [1.54, 1.807) is 11.3 Å². The zero-order chi connectivity index (χ0) is 17.6. The first kappa shape index (κ1) is 18.1. The summed E-state index contributed by atoms with van der Waals surface area (Å²) in [5.74, 6) is 0. The molecule has 25 heavy (non-hydrogen) atoms. The Hall–Kier alpha value is -1.69. The molecule has 0 atom stereocenters. The fraction of sp³-hybridized carbons (Fsp3) is 0.250. The van der Waals surface area contributed by atoms with Gasteiger partial charge < -0.3 is 9.47 Å². The van der Waals surface area contributed by atoms with Crippen LogP contribution in [0.3, 0.4) is 0 Å². The second-order valence-corrected chi connectivity index (χ2v) is 8.07. The molecule has 0 unspecified atom stereocenters. The van der Waals surface area contributed by atoms with Gasteiger partial charge in [0, 0.05) is 22.8 Å². The number of rotatable bonds is 6. The smallest absolute Gasteiger partial charge is 0.190 e. The SMILES string of the molecule is C[NH+](C)CCCn1c(-c2ccc(Br)cc2)csc1=Nc1ccccc1. The van der Waals surface area contributed by atoms with Crippen LogP contribution in [0.1, 0.15) is 6.42 Å². The molecule has 1 N–H and O–H groups in total. The van der Waals surface area contributed by atoms with Gasteiger partial charge in [-0.2, -0.15) is 0 Å². The number of nitrogens with zero attached hydrogens (tertiary/aromatic N) is 2. The second kappa shape index (κ2) is 8.61. The van der Waals surface area contributed by atoms with E-state index in [4.69, 9.17) is 4.99 Å². The van der Waals surface area contributed by atoms with Gasteiger partial charge in [0.2, 0.25) is 0 Å². The van der Waals surface area contributed by atoms with E-state index in [1.807, 2.05) is 30.3 Å². The zero-order valence-corrected chi connectivity index (χ0v) is 17.0. The predicted molar refractivity (Wildman–Crippen MR) is 109 cm³/mol. The van der Waals surface area contributed by atoms with Crippen LogP contribution < -0.4 is 9.70 Å². The van der Waals surface area contributed by atoms with E-state index in [0.29, 0.717) is 0 Å². The molecule has 1 heterocycles. The number of halogens is 1. The average Bonchev–Trinajstić information content (AvgIpc) is 2.99. The van der Waals surface area contributed by atoms with Crippen LogP contribution in [0.25, 0.3) is 11.3 Å². The number of quaternary nitrogens is 1. The summed E-state index contributed by atoms with van der Waals surface area (Å²) in [6.45, 7) is 2.12. The predicted octanol–water partition coefficient (Wildman–Crippen LogP) is 3.75. The third-order valence-corrected chi connectivity index (χ3v) is 5.37. The van der Waals surface area contributed by atoms with Crippen LogP contribution >= 0.6 is 27.3 Å². The van der Waals surface area contributed by atoms with Crippen molar-refractivity contribution in [2.24, 2.45) is 4.99 Å². The highest BCUT2D eigenvalue weighted by molar-refractivity contribution is 9.10. The number of thiazole rings is 1. The molecule has 1 aromatic heterocycles. The molecule has 2 aromatic carbocycles. The molecule has 3 aromatic rings. The summed E-state index contributed by atoms with van der Waals surface area (Å²) in [6, 6.07) is 18.7. The Bertz CT molecular complexity index is 864. The molecule has 0 aliphatic heterocycles. The summed E-state index contributed by atoms with van der Waals surface area (Å²) in [4.78, 5) is 7.40. The van der Waals surface area contributed by atoms with Gasteiger partial charge in [0.15, 0.2) is 4.80 Å². The van der Waals surface area contributed by atoms with Crippen LogP contribution in [0, 0.1) is 0 Å². The topological polar surface area (TPSA) is 21.7 Å². The van der Waals surface area contributed by atoms with Gasteiger partial charge in [-0.3, -0.25) is 0 Å². The molecule has 0 amide bonds. The molecule has 0 fully saturated rings. The van der Waals surface area contributed by atoms with Gasteiger partial charge in [-0.05, 0) is 29.8 Å². The van der Waals surface area contributed by atoms with Crippen molar-refractivity contribution in [3.8, 4) is 11.3 Å². The highest BCUT2D eigenvalue weighted by Crippen LogP contribution is 2.23. The van der Waals surface area contributed by atoms with E-state index in [0.717, 1.165) is 34.5 Å². The molecular formula is C20H23BrN3S+. The molecule has 130 valence electrons. The summed E-state index contributed by atoms with van der Waals surface area (Å²) in [5.41, 5.74) is 3.46. The monoisotopic (exact) mass is 416 g/mol. The largest absolute Gasteiger partial charge is 0.340 e. The average molecular weight is 417 g/mol. The fourth-order valence-electron chi connectivity index (χ4n) is 2.69. The fourth-order valence-corrected chi connectivity index (χ4v) is 3.91. The summed E-state index contributed by atoms with van der Waals surface area (Å²) >= 11 is 5.23. The van der Waals surface area contributed by atoms with Gasteiger partial charge in [-0.15, -0.1) is 11.3 Å². The molecule has 0 spiro atoms. The maximum absolute atomic E-state index is 4.87. The normalized spacial score (nSPS) is 12.1. The first-order valence-electron chi connectivity index (χ1n) is 8.46. The maximum atomic E-state index is 4.87. The lowest BCUT2D eigenvalue weighted by atomic mass is 10.2. The van der Waals surface area contributed by atoms with E-state index >= 15 is 0 Å². The molecule has 5 heteroatoms. The van der Waals surface area contributed by atoms with Crippen LogP contribution in [0.5, 0.6) is 0 Å². The van der Waals surface area contributed by atoms with E-state index in [2.05, 4.69) is 64.2 Å². The van der Waals surface area contributed by atoms with Crippen molar-refractivity contribution < 1.29 is 4.90 Å². The number of hydrogen-bond donors (Lipinski definition) is 1. The van der Waals surface area contributed by atoms with Gasteiger partial charge in [0.25, 0.3) is 0 Å². The van der Waals surface area contributed by atoms with Crippen LogP contribution in [0.2, 0.25) is 0 Å². The molecule has 3 rings (SSSR count). The highest BCUT2D eigenvalue weighted by Gasteiger charge is 2.09.